The Kier molecular flexibility index (Phi) is 10.6. The summed E-state index contributed by atoms with van der Waals surface area (Å²) in [5.74, 6) is -1.99. The number of alkyl carbamates (subject to hydrolysis) is 1. The summed E-state index contributed by atoms with van der Waals surface area (Å²) in [7, 11) is 0. The van der Waals surface area contributed by atoms with Crippen molar-refractivity contribution in [3.05, 3.63) is 65.2 Å². The fourth-order valence-corrected chi connectivity index (χ4v) is 3.55. The number of rotatable bonds is 10. The van der Waals surface area contributed by atoms with Gasteiger partial charge in [-0.3, -0.25) is 20.3 Å². The highest BCUT2D eigenvalue weighted by Crippen LogP contribution is 2.19. The highest BCUT2D eigenvalue weighted by atomic mass is 16.6. The van der Waals surface area contributed by atoms with Crippen LogP contribution < -0.4 is 15.4 Å². The number of amides is 2. The molecule has 40 heavy (non-hydrogen) atoms. The molecule has 0 aliphatic heterocycles. The van der Waals surface area contributed by atoms with Crippen molar-refractivity contribution in [2.45, 2.75) is 71.8 Å². The zero-order chi connectivity index (χ0) is 30.3. The summed E-state index contributed by atoms with van der Waals surface area (Å²) in [4.78, 5) is 49.3. The molecule has 0 radical (unpaired) electrons. The van der Waals surface area contributed by atoms with E-state index in [1.807, 2.05) is 20.8 Å². The molecule has 0 saturated heterocycles. The summed E-state index contributed by atoms with van der Waals surface area (Å²) in [5.41, 5.74) is -0.462. The van der Waals surface area contributed by atoms with E-state index in [1.165, 1.54) is 48.5 Å². The first-order valence-electron chi connectivity index (χ1n) is 12.6. The minimum atomic E-state index is -1.12. The number of carboxylic acid groups (broad SMARTS) is 1. The Balaban J connectivity index is 2.19. The van der Waals surface area contributed by atoms with Crippen LogP contribution in [0, 0.1) is 5.41 Å². The summed E-state index contributed by atoms with van der Waals surface area (Å²) in [6, 6.07) is 10.8. The minimum Gasteiger partial charge on any atom is -0.482 e. The van der Waals surface area contributed by atoms with Crippen molar-refractivity contribution in [3.8, 4) is 5.75 Å². The molecule has 0 saturated carbocycles. The first-order valence-corrected chi connectivity index (χ1v) is 12.6. The van der Waals surface area contributed by atoms with Crippen LogP contribution >= 0.6 is 0 Å². The maximum absolute atomic E-state index is 13.5. The van der Waals surface area contributed by atoms with E-state index < -0.39 is 53.7 Å². The van der Waals surface area contributed by atoms with Crippen molar-refractivity contribution in [2.24, 2.45) is 0 Å². The van der Waals surface area contributed by atoms with Crippen molar-refractivity contribution in [1.82, 2.24) is 10.6 Å². The fourth-order valence-electron chi connectivity index (χ4n) is 3.55. The van der Waals surface area contributed by atoms with Crippen LogP contribution in [-0.2, 0) is 14.3 Å². The number of carboxylic acids is 1. The second kappa shape index (κ2) is 13.2. The van der Waals surface area contributed by atoms with Gasteiger partial charge in [0, 0.05) is 16.7 Å². The van der Waals surface area contributed by atoms with Gasteiger partial charge in [0.25, 0.3) is 5.91 Å². The van der Waals surface area contributed by atoms with Crippen LogP contribution in [-0.4, -0.2) is 64.6 Å². The average Bonchev–Trinajstić information content (AvgIpc) is 2.83. The first kappa shape index (κ1) is 32.0. The third-order valence-corrected chi connectivity index (χ3v) is 5.14. The fraction of sp³-hybridized carbons (Fsp3) is 0.414. The van der Waals surface area contributed by atoms with Gasteiger partial charge >= 0.3 is 12.1 Å². The zero-order valence-electron chi connectivity index (χ0n) is 23.8. The standard InChI is InChI=1S/C29H37N3O8/c1-17(39-28(2,3)4)23(24(35)18-12-14-21(15-13-18)38-16-22(33)34)31-26(36)20-10-8-19(9-11-20)25(30)32-27(37)40-29(5,6)7/h8-15,17,23H,16H2,1-7H3,(H,31,36)(H,33,34)(H2,30,32,37). The molecule has 2 unspecified atom stereocenters. The summed E-state index contributed by atoms with van der Waals surface area (Å²) in [5, 5.41) is 22.0. The smallest absolute Gasteiger partial charge is 0.413 e. The van der Waals surface area contributed by atoms with E-state index in [2.05, 4.69) is 10.6 Å². The summed E-state index contributed by atoms with van der Waals surface area (Å²) in [6.45, 7) is 11.8. The molecule has 2 amide bonds. The molecule has 2 aromatic rings. The largest absolute Gasteiger partial charge is 0.482 e. The summed E-state index contributed by atoms with van der Waals surface area (Å²) in [6.07, 6.45) is -1.47. The van der Waals surface area contributed by atoms with Gasteiger partial charge in [0.05, 0.1) is 11.7 Å². The first-order chi connectivity index (χ1) is 18.4. The molecule has 4 N–H and O–H groups in total. The third-order valence-electron chi connectivity index (χ3n) is 5.14. The van der Waals surface area contributed by atoms with E-state index in [1.54, 1.807) is 27.7 Å². The maximum atomic E-state index is 13.5. The molecule has 0 heterocycles. The average molecular weight is 556 g/mol. The van der Waals surface area contributed by atoms with Crippen LogP contribution in [0.1, 0.15) is 74.7 Å². The van der Waals surface area contributed by atoms with Gasteiger partial charge in [-0.25, -0.2) is 9.59 Å². The van der Waals surface area contributed by atoms with Crippen LogP contribution in [0.5, 0.6) is 5.75 Å². The van der Waals surface area contributed by atoms with Crippen LogP contribution in [0.2, 0.25) is 0 Å². The van der Waals surface area contributed by atoms with Crippen LogP contribution in [0.15, 0.2) is 48.5 Å². The van der Waals surface area contributed by atoms with E-state index in [-0.39, 0.29) is 22.7 Å². The summed E-state index contributed by atoms with van der Waals surface area (Å²) < 4.78 is 16.3. The monoisotopic (exact) mass is 555 g/mol. The molecule has 2 aromatic carbocycles. The van der Waals surface area contributed by atoms with E-state index in [0.29, 0.717) is 5.56 Å². The number of Topliss-reactive ketones (excluding diaryl/α,β-unsaturated/α-hetero) is 1. The number of carbonyl (C=O) groups is 4. The second-order valence-corrected chi connectivity index (χ2v) is 11.0. The number of aliphatic carboxylic acids is 1. The van der Waals surface area contributed by atoms with Crippen molar-refractivity contribution >= 4 is 29.6 Å². The van der Waals surface area contributed by atoms with E-state index in [4.69, 9.17) is 24.7 Å². The number of amidine groups is 1. The van der Waals surface area contributed by atoms with E-state index in [9.17, 15) is 19.2 Å². The SMILES string of the molecule is CC(OC(C)(C)C)C(NC(=O)c1ccc(C(=N)NC(=O)OC(C)(C)C)cc1)C(=O)c1ccc(OCC(=O)O)cc1. The highest BCUT2D eigenvalue weighted by molar-refractivity contribution is 6.06. The lowest BCUT2D eigenvalue weighted by Crippen LogP contribution is -2.50. The molecule has 216 valence electrons. The van der Waals surface area contributed by atoms with E-state index >= 15 is 0 Å². The number of hydrogen-bond donors (Lipinski definition) is 4. The zero-order valence-corrected chi connectivity index (χ0v) is 23.8. The molecule has 2 rings (SSSR count). The van der Waals surface area contributed by atoms with Crippen molar-refractivity contribution in [2.75, 3.05) is 6.61 Å². The highest BCUT2D eigenvalue weighted by Gasteiger charge is 2.31. The Morgan fingerprint density at radius 1 is 0.850 bits per heavy atom. The maximum Gasteiger partial charge on any atom is 0.413 e. The molecule has 0 spiro atoms. The van der Waals surface area contributed by atoms with Crippen LogP contribution in [0.3, 0.4) is 0 Å². The predicted octanol–water partition coefficient (Wildman–Crippen LogP) is 4.18. The van der Waals surface area contributed by atoms with Gasteiger partial charge in [-0.2, -0.15) is 0 Å². The Morgan fingerprint density at radius 3 is 1.88 bits per heavy atom. The second-order valence-electron chi connectivity index (χ2n) is 11.0. The molecule has 11 nitrogen and oxygen atoms in total. The number of hydrogen-bond acceptors (Lipinski definition) is 8. The Morgan fingerprint density at radius 2 is 1.38 bits per heavy atom. The van der Waals surface area contributed by atoms with Gasteiger partial charge in [0.1, 0.15) is 23.2 Å². The molecular formula is C29H37N3O8. The van der Waals surface area contributed by atoms with E-state index in [0.717, 1.165) is 0 Å². The number of ketones is 1. The third kappa shape index (κ3) is 10.5. The topological polar surface area (TPSA) is 164 Å². The van der Waals surface area contributed by atoms with Gasteiger partial charge in [0.15, 0.2) is 12.4 Å². The van der Waals surface area contributed by atoms with Gasteiger partial charge in [-0.1, -0.05) is 12.1 Å². The minimum absolute atomic E-state index is 0.197. The predicted molar refractivity (Wildman–Crippen MR) is 148 cm³/mol. The molecule has 11 heteroatoms. The molecule has 0 aliphatic carbocycles. The number of benzene rings is 2. The Labute approximate surface area is 233 Å². The molecule has 0 aromatic heterocycles. The summed E-state index contributed by atoms with van der Waals surface area (Å²) >= 11 is 0. The lowest BCUT2D eigenvalue weighted by molar-refractivity contribution is -0.139. The van der Waals surface area contributed by atoms with Gasteiger partial charge in [-0.05, 0) is 84.9 Å². The van der Waals surface area contributed by atoms with Gasteiger partial charge < -0.3 is 24.6 Å². The van der Waals surface area contributed by atoms with Crippen LogP contribution in [0.4, 0.5) is 4.79 Å². The molecule has 2 atom stereocenters. The number of ether oxygens (including phenoxy) is 3. The van der Waals surface area contributed by atoms with Crippen molar-refractivity contribution in [1.29, 1.82) is 5.41 Å². The lowest BCUT2D eigenvalue weighted by atomic mass is 9.98. The molecular weight excluding hydrogens is 518 g/mol. The van der Waals surface area contributed by atoms with Crippen molar-refractivity contribution < 1.29 is 38.5 Å². The molecule has 0 fully saturated rings. The lowest BCUT2D eigenvalue weighted by Gasteiger charge is -2.30. The molecule has 0 bridgehead atoms. The quantitative estimate of drug-likeness (QED) is 0.193. The normalized spacial score (nSPS) is 13.0. The number of nitrogens with one attached hydrogen (secondary N) is 3. The molecule has 0 aliphatic rings. The Hall–Kier alpha value is -4.25. The van der Waals surface area contributed by atoms with Crippen molar-refractivity contribution in [3.63, 3.8) is 0 Å². The van der Waals surface area contributed by atoms with Gasteiger partial charge in [-0.15, -0.1) is 0 Å². The Bertz CT molecular complexity index is 1230. The van der Waals surface area contributed by atoms with Gasteiger partial charge in [0.2, 0.25) is 0 Å². The van der Waals surface area contributed by atoms with Crippen LogP contribution in [0.25, 0.3) is 0 Å². The number of carbonyl (C=O) groups excluding carboxylic acids is 3.